The molecule has 2 aliphatic carbocycles. The fourth-order valence-electron chi connectivity index (χ4n) is 2.65. The van der Waals surface area contributed by atoms with Gasteiger partial charge in [0.05, 0.1) is 0 Å². The van der Waals surface area contributed by atoms with E-state index < -0.39 is 0 Å². The van der Waals surface area contributed by atoms with Gasteiger partial charge in [-0.15, -0.1) is 0 Å². The highest BCUT2D eigenvalue weighted by Gasteiger charge is 2.30. The normalized spacial score (nSPS) is 32.8. The van der Waals surface area contributed by atoms with Crippen LogP contribution in [0.2, 0.25) is 0 Å². The molecule has 0 radical (unpaired) electrons. The van der Waals surface area contributed by atoms with Gasteiger partial charge in [0.25, 0.3) is 0 Å². The molecular weight excluding hydrogens is 170 g/mol. The molecule has 0 bridgehead atoms. The van der Waals surface area contributed by atoms with Gasteiger partial charge in [0.1, 0.15) is 0 Å². The Bertz CT molecular complexity index is 166. The Balaban J connectivity index is 1.47. The van der Waals surface area contributed by atoms with Crippen LogP contribution in [0.5, 0.6) is 0 Å². The van der Waals surface area contributed by atoms with E-state index in [4.69, 9.17) is 0 Å². The summed E-state index contributed by atoms with van der Waals surface area (Å²) >= 11 is 0. The van der Waals surface area contributed by atoms with Crippen molar-refractivity contribution in [3.8, 4) is 0 Å². The molecule has 0 atom stereocenters. The van der Waals surface area contributed by atoms with Crippen LogP contribution in [-0.4, -0.2) is 12.6 Å². The lowest BCUT2D eigenvalue weighted by molar-refractivity contribution is 0.163. The highest BCUT2D eigenvalue weighted by Crippen LogP contribution is 2.34. The van der Waals surface area contributed by atoms with Crippen molar-refractivity contribution in [1.29, 1.82) is 0 Å². The molecule has 0 saturated heterocycles. The molecule has 0 aromatic rings. The van der Waals surface area contributed by atoms with Crippen molar-refractivity contribution in [2.75, 3.05) is 6.54 Å². The smallest absolute Gasteiger partial charge is 0.00725 e. The molecule has 0 aliphatic heterocycles. The van der Waals surface area contributed by atoms with Gasteiger partial charge in [-0.1, -0.05) is 33.1 Å². The zero-order chi connectivity index (χ0) is 9.97. The summed E-state index contributed by atoms with van der Waals surface area (Å²) in [5.41, 5.74) is 0. The Morgan fingerprint density at radius 2 is 1.93 bits per heavy atom. The van der Waals surface area contributed by atoms with Crippen LogP contribution >= 0.6 is 0 Å². The number of nitrogens with one attached hydrogen (secondary N) is 1. The fourth-order valence-corrected chi connectivity index (χ4v) is 2.65. The molecule has 2 fully saturated rings. The Morgan fingerprint density at radius 3 is 2.43 bits per heavy atom. The largest absolute Gasteiger partial charge is 0.314 e. The first-order chi connectivity index (χ1) is 6.75. The molecule has 0 aromatic heterocycles. The predicted molar refractivity (Wildman–Crippen MR) is 61.3 cm³/mol. The highest BCUT2D eigenvalue weighted by atomic mass is 14.9. The Morgan fingerprint density at radius 1 is 1.21 bits per heavy atom. The Kier molecular flexibility index (Phi) is 3.48. The zero-order valence-corrected chi connectivity index (χ0v) is 9.76. The van der Waals surface area contributed by atoms with E-state index in [1.807, 2.05) is 0 Å². The van der Waals surface area contributed by atoms with Gasteiger partial charge in [-0.3, -0.25) is 0 Å². The van der Waals surface area contributed by atoms with E-state index in [0.717, 1.165) is 23.8 Å². The lowest BCUT2D eigenvalue weighted by Crippen LogP contribution is -2.43. The summed E-state index contributed by atoms with van der Waals surface area (Å²) < 4.78 is 0. The van der Waals surface area contributed by atoms with Crippen molar-refractivity contribution in [3.05, 3.63) is 0 Å². The van der Waals surface area contributed by atoms with Crippen molar-refractivity contribution < 1.29 is 0 Å². The molecular formula is C13H25N. The van der Waals surface area contributed by atoms with Crippen LogP contribution in [0.3, 0.4) is 0 Å². The van der Waals surface area contributed by atoms with Gasteiger partial charge in [-0.2, -0.15) is 0 Å². The van der Waals surface area contributed by atoms with Gasteiger partial charge >= 0.3 is 0 Å². The van der Waals surface area contributed by atoms with Gasteiger partial charge in [0, 0.05) is 6.04 Å². The average molecular weight is 195 g/mol. The maximum Gasteiger partial charge on any atom is 0.00725 e. The van der Waals surface area contributed by atoms with E-state index in [-0.39, 0.29) is 0 Å². The van der Waals surface area contributed by atoms with Gasteiger partial charge < -0.3 is 5.32 Å². The van der Waals surface area contributed by atoms with E-state index in [0.29, 0.717) is 0 Å². The van der Waals surface area contributed by atoms with Gasteiger partial charge in [0.15, 0.2) is 0 Å². The third-order valence-corrected chi connectivity index (χ3v) is 4.33. The molecule has 0 spiro atoms. The van der Waals surface area contributed by atoms with Crippen molar-refractivity contribution >= 4 is 0 Å². The molecule has 2 aliphatic rings. The lowest BCUT2D eigenvalue weighted by atomic mass is 9.73. The minimum absolute atomic E-state index is 0.863. The van der Waals surface area contributed by atoms with Gasteiger partial charge in [-0.25, -0.2) is 0 Å². The van der Waals surface area contributed by atoms with Crippen molar-refractivity contribution in [2.24, 2.45) is 17.8 Å². The SMILES string of the molecule is CC(C)C1CC(NCCC2CCC2)C1. The molecule has 82 valence electrons. The molecule has 1 nitrogen and oxygen atoms in total. The maximum absolute atomic E-state index is 3.70. The van der Waals surface area contributed by atoms with Crippen LogP contribution in [0.25, 0.3) is 0 Å². The van der Waals surface area contributed by atoms with Crippen LogP contribution in [-0.2, 0) is 0 Å². The minimum atomic E-state index is 0.863. The molecule has 0 aromatic carbocycles. The molecule has 0 amide bonds. The summed E-state index contributed by atoms with van der Waals surface area (Å²) in [6.07, 6.45) is 8.79. The third-order valence-electron chi connectivity index (χ3n) is 4.33. The zero-order valence-electron chi connectivity index (χ0n) is 9.76. The third kappa shape index (κ3) is 2.50. The second-order valence-corrected chi connectivity index (χ2v) is 5.71. The molecule has 2 saturated carbocycles. The summed E-state index contributed by atoms with van der Waals surface area (Å²) in [4.78, 5) is 0. The number of hydrogen-bond acceptors (Lipinski definition) is 1. The lowest BCUT2D eigenvalue weighted by Gasteiger charge is -2.39. The van der Waals surface area contributed by atoms with Crippen molar-refractivity contribution in [1.82, 2.24) is 5.32 Å². The van der Waals surface area contributed by atoms with Crippen molar-refractivity contribution in [3.63, 3.8) is 0 Å². The van der Waals surface area contributed by atoms with E-state index in [1.54, 1.807) is 0 Å². The van der Waals surface area contributed by atoms with Crippen LogP contribution in [0, 0.1) is 17.8 Å². The molecule has 1 heteroatoms. The first-order valence-electron chi connectivity index (χ1n) is 6.49. The molecule has 1 N–H and O–H groups in total. The topological polar surface area (TPSA) is 12.0 Å². The van der Waals surface area contributed by atoms with Gasteiger partial charge in [0.2, 0.25) is 0 Å². The predicted octanol–water partition coefficient (Wildman–Crippen LogP) is 3.20. The van der Waals surface area contributed by atoms with E-state index >= 15 is 0 Å². The first kappa shape index (κ1) is 10.5. The molecule has 14 heavy (non-hydrogen) atoms. The first-order valence-corrected chi connectivity index (χ1v) is 6.49. The second kappa shape index (κ2) is 4.65. The number of hydrogen-bond donors (Lipinski definition) is 1. The summed E-state index contributed by atoms with van der Waals surface area (Å²) in [6.45, 7) is 5.99. The number of rotatable bonds is 5. The average Bonchev–Trinajstić information content (AvgIpc) is 1.96. The van der Waals surface area contributed by atoms with E-state index in [2.05, 4.69) is 19.2 Å². The van der Waals surface area contributed by atoms with Crippen LogP contribution < -0.4 is 5.32 Å². The highest BCUT2D eigenvalue weighted by molar-refractivity contribution is 4.86. The van der Waals surface area contributed by atoms with Crippen LogP contribution in [0.4, 0.5) is 0 Å². The van der Waals surface area contributed by atoms with E-state index in [9.17, 15) is 0 Å². The summed E-state index contributed by atoms with van der Waals surface area (Å²) in [6, 6.07) is 0.863. The quantitative estimate of drug-likeness (QED) is 0.710. The molecule has 0 unspecified atom stereocenters. The second-order valence-electron chi connectivity index (χ2n) is 5.71. The summed E-state index contributed by atoms with van der Waals surface area (Å²) in [5, 5.41) is 3.70. The fraction of sp³-hybridized carbons (Fsp3) is 1.00. The van der Waals surface area contributed by atoms with Crippen molar-refractivity contribution in [2.45, 2.75) is 58.4 Å². The van der Waals surface area contributed by atoms with Crippen LogP contribution in [0.1, 0.15) is 52.4 Å². The summed E-state index contributed by atoms with van der Waals surface area (Å²) in [7, 11) is 0. The molecule has 2 rings (SSSR count). The monoisotopic (exact) mass is 195 g/mol. The Labute approximate surface area is 88.7 Å². The minimum Gasteiger partial charge on any atom is -0.314 e. The van der Waals surface area contributed by atoms with Crippen LogP contribution in [0.15, 0.2) is 0 Å². The van der Waals surface area contributed by atoms with E-state index in [1.165, 1.54) is 45.1 Å². The standard InChI is InChI=1S/C13H25N/c1-10(2)12-8-13(9-12)14-7-6-11-4-3-5-11/h10-14H,3-9H2,1-2H3. The Hall–Kier alpha value is -0.0400. The summed E-state index contributed by atoms with van der Waals surface area (Å²) in [5.74, 6) is 2.99. The molecule has 0 heterocycles. The van der Waals surface area contributed by atoms with Gasteiger partial charge in [-0.05, 0) is 43.6 Å². The maximum atomic E-state index is 3.70.